The van der Waals surface area contributed by atoms with E-state index in [9.17, 15) is 9.18 Å². The van der Waals surface area contributed by atoms with Crippen molar-refractivity contribution in [3.8, 4) is 6.07 Å². The monoisotopic (exact) mass is 317 g/mol. The molecule has 0 spiro atoms. The van der Waals surface area contributed by atoms with E-state index < -0.39 is 0 Å². The van der Waals surface area contributed by atoms with Gasteiger partial charge < -0.3 is 9.64 Å². The van der Waals surface area contributed by atoms with Gasteiger partial charge in [-0.3, -0.25) is 9.69 Å². The number of halogens is 1. The lowest BCUT2D eigenvalue weighted by atomic mass is 10.1. The number of nitriles is 1. The number of hydrogen-bond donors (Lipinski definition) is 0. The summed E-state index contributed by atoms with van der Waals surface area (Å²) in [5.41, 5.74) is 0.918. The molecule has 2 saturated heterocycles. The van der Waals surface area contributed by atoms with Gasteiger partial charge in [-0.2, -0.15) is 5.26 Å². The minimum atomic E-state index is -0.345. The molecule has 5 nitrogen and oxygen atoms in total. The first-order valence-corrected chi connectivity index (χ1v) is 7.98. The van der Waals surface area contributed by atoms with Crippen LogP contribution in [0.3, 0.4) is 0 Å². The minimum absolute atomic E-state index is 0.0895. The van der Waals surface area contributed by atoms with Crippen LogP contribution in [0.25, 0.3) is 0 Å². The number of piperazine rings is 1. The summed E-state index contributed by atoms with van der Waals surface area (Å²) in [7, 11) is 0. The molecule has 0 unspecified atom stereocenters. The van der Waals surface area contributed by atoms with E-state index >= 15 is 0 Å². The van der Waals surface area contributed by atoms with Crippen molar-refractivity contribution >= 4 is 5.91 Å². The summed E-state index contributed by atoms with van der Waals surface area (Å²) in [6.45, 7) is 3.91. The molecular weight excluding hydrogens is 297 g/mol. The van der Waals surface area contributed by atoms with E-state index in [0.717, 1.165) is 25.9 Å². The van der Waals surface area contributed by atoms with Crippen LogP contribution in [-0.2, 0) is 16.1 Å². The fraction of sp³-hybridized carbons (Fsp3) is 0.529. The van der Waals surface area contributed by atoms with Crippen LogP contribution >= 0.6 is 0 Å². The Labute approximate surface area is 135 Å². The van der Waals surface area contributed by atoms with Crippen LogP contribution in [-0.4, -0.2) is 54.6 Å². The fourth-order valence-electron chi connectivity index (χ4n) is 3.09. The largest absolute Gasteiger partial charge is 0.368 e. The third-order valence-electron chi connectivity index (χ3n) is 4.47. The van der Waals surface area contributed by atoms with Gasteiger partial charge in [-0.05, 0) is 25.0 Å². The van der Waals surface area contributed by atoms with E-state index in [1.807, 2.05) is 11.0 Å². The van der Waals surface area contributed by atoms with E-state index in [2.05, 4.69) is 4.90 Å². The molecule has 23 heavy (non-hydrogen) atoms. The van der Waals surface area contributed by atoms with E-state index in [0.29, 0.717) is 37.4 Å². The third-order valence-corrected chi connectivity index (χ3v) is 4.47. The maximum absolute atomic E-state index is 13.9. The topological polar surface area (TPSA) is 56.6 Å². The van der Waals surface area contributed by atoms with Crippen molar-refractivity contribution in [3.05, 3.63) is 35.1 Å². The molecule has 1 atom stereocenters. The highest BCUT2D eigenvalue weighted by molar-refractivity contribution is 5.81. The second kappa shape index (κ2) is 7.07. The van der Waals surface area contributed by atoms with Crippen molar-refractivity contribution in [2.24, 2.45) is 0 Å². The molecule has 2 aliphatic rings. The first-order valence-electron chi connectivity index (χ1n) is 7.98. The highest BCUT2D eigenvalue weighted by Gasteiger charge is 2.30. The zero-order valence-electron chi connectivity index (χ0n) is 13.0. The molecule has 3 rings (SSSR count). The molecule has 2 fully saturated rings. The molecule has 0 N–H and O–H groups in total. The first-order chi connectivity index (χ1) is 11.2. The summed E-state index contributed by atoms with van der Waals surface area (Å²) in [6.07, 6.45) is 1.50. The lowest BCUT2D eigenvalue weighted by Gasteiger charge is -2.35. The van der Waals surface area contributed by atoms with Crippen LogP contribution in [0.2, 0.25) is 0 Å². The van der Waals surface area contributed by atoms with Gasteiger partial charge >= 0.3 is 0 Å². The Morgan fingerprint density at radius 3 is 2.74 bits per heavy atom. The maximum atomic E-state index is 13.9. The Morgan fingerprint density at radius 1 is 1.35 bits per heavy atom. The molecule has 6 heteroatoms. The Hall–Kier alpha value is -1.97. The average Bonchev–Trinajstić information content (AvgIpc) is 3.11. The smallest absolute Gasteiger partial charge is 0.251 e. The van der Waals surface area contributed by atoms with Crippen molar-refractivity contribution < 1.29 is 13.9 Å². The molecule has 2 aliphatic heterocycles. The lowest BCUT2D eigenvalue weighted by molar-refractivity contribution is -0.142. The van der Waals surface area contributed by atoms with E-state index in [1.165, 1.54) is 6.07 Å². The number of rotatable bonds is 3. The van der Waals surface area contributed by atoms with Gasteiger partial charge in [0.2, 0.25) is 0 Å². The normalized spacial score (nSPS) is 22.1. The molecule has 0 saturated carbocycles. The van der Waals surface area contributed by atoms with E-state index in [-0.39, 0.29) is 17.8 Å². The fourth-order valence-corrected chi connectivity index (χ4v) is 3.09. The van der Waals surface area contributed by atoms with Crippen LogP contribution < -0.4 is 0 Å². The Morgan fingerprint density at radius 2 is 2.13 bits per heavy atom. The number of hydrogen-bond acceptors (Lipinski definition) is 4. The predicted molar refractivity (Wildman–Crippen MR) is 81.9 cm³/mol. The van der Waals surface area contributed by atoms with Crippen LogP contribution in [0.4, 0.5) is 4.39 Å². The van der Waals surface area contributed by atoms with E-state index in [1.54, 1.807) is 12.1 Å². The lowest BCUT2D eigenvalue weighted by Crippen LogP contribution is -2.51. The second-order valence-electron chi connectivity index (χ2n) is 6.02. The standard InChI is InChI=1S/C17H20FN3O2/c18-15-10-13(11-19)3-4-14(15)12-20-5-7-21(8-6-20)17(22)16-2-1-9-23-16/h3-4,10,16H,1-2,5-9,12H2/t16-/m0/s1. The molecule has 0 aliphatic carbocycles. The van der Waals surface area contributed by atoms with Gasteiger partial charge in [0.15, 0.2) is 0 Å². The zero-order valence-corrected chi connectivity index (χ0v) is 13.0. The van der Waals surface area contributed by atoms with Crippen LogP contribution in [0, 0.1) is 17.1 Å². The third kappa shape index (κ3) is 3.69. The van der Waals surface area contributed by atoms with Gasteiger partial charge in [-0.15, -0.1) is 0 Å². The predicted octanol–water partition coefficient (Wildman–Crippen LogP) is 1.52. The maximum Gasteiger partial charge on any atom is 0.251 e. The van der Waals surface area contributed by atoms with Crippen molar-refractivity contribution in [2.75, 3.05) is 32.8 Å². The van der Waals surface area contributed by atoms with Crippen molar-refractivity contribution in [1.82, 2.24) is 9.80 Å². The SMILES string of the molecule is N#Cc1ccc(CN2CCN(C(=O)[C@@H]3CCCO3)CC2)c(F)c1. The summed E-state index contributed by atoms with van der Waals surface area (Å²) in [4.78, 5) is 16.3. The molecule has 1 aromatic rings. The van der Waals surface area contributed by atoms with Gasteiger partial charge in [-0.25, -0.2) is 4.39 Å². The summed E-state index contributed by atoms with van der Waals surface area (Å²) < 4.78 is 19.4. The minimum Gasteiger partial charge on any atom is -0.368 e. The molecule has 2 heterocycles. The van der Waals surface area contributed by atoms with Crippen molar-refractivity contribution in [1.29, 1.82) is 5.26 Å². The molecular formula is C17H20FN3O2. The summed E-state index contributed by atoms with van der Waals surface area (Å²) in [5, 5.41) is 8.77. The van der Waals surface area contributed by atoms with Gasteiger partial charge in [-0.1, -0.05) is 6.07 Å². The molecule has 1 aromatic carbocycles. The Bertz CT molecular complexity index is 615. The highest BCUT2D eigenvalue weighted by Crippen LogP contribution is 2.17. The Kier molecular flexibility index (Phi) is 4.89. The second-order valence-corrected chi connectivity index (χ2v) is 6.02. The first kappa shape index (κ1) is 15.9. The number of benzene rings is 1. The molecule has 0 bridgehead atoms. The Balaban J connectivity index is 1.53. The molecule has 122 valence electrons. The van der Waals surface area contributed by atoms with Gasteiger partial charge in [0.25, 0.3) is 5.91 Å². The number of nitrogens with zero attached hydrogens (tertiary/aromatic N) is 3. The molecule has 0 aromatic heterocycles. The van der Waals surface area contributed by atoms with Crippen molar-refractivity contribution in [3.63, 3.8) is 0 Å². The number of carbonyl (C=O) groups is 1. The summed E-state index contributed by atoms with van der Waals surface area (Å²) in [5.74, 6) is -0.256. The van der Waals surface area contributed by atoms with Crippen LogP contribution in [0.5, 0.6) is 0 Å². The molecule has 1 amide bonds. The number of carbonyl (C=O) groups excluding carboxylic acids is 1. The summed E-state index contributed by atoms with van der Waals surface area (Å²) >= 11 is 0. The summed E-state index contributed by atoms with van der Waals surface area (Å²) in [6, 6.07) is 6.50. The van der Waals surface area contributed by atoms with Gasteiger partial charge in [0.05, 0.1) is 11.6 Å². The van der Waals surface area contributed by atoms with Crippen molar-refractivity contribution in [2.45, 2.75) is 25.5 Å². The van der Waals surface area contributed by atoms with Gasteiger partial charge in [0, 0.05) is 44.9 Å². The highest BCUT2D eigenvalue weighted by atomic mass is 19.1. The van der Waals surface area contributed by atoms with Crippen LogP contribution in [0.1, 0.15) is 24.0 Å². The van der Waals surface area contributed by atoms with E-state index in [4.69, 9.17) is 10.00 Å². The van der Waals surface area contributed by atoms with Gasteiger partial charge in [0.1, 0.15) is 11.9 Å². The number of amides is 1. The van der Waals surface area contributed by atoms with Crippen LogP contribution in [0.15, 0.2) is 18.2 Å². The zero-order chi connectivity index (χ0) is 16.2. The average molecular weight is 317 g/mol. The molecule has 0 radical (unpaired) electrons. The quantitative estimate of drug-likeness (QED) is 0.848. The number of ether oxygens (including phenoxy) is 1.